The van der Waals surface area contributed by atoms with E-state index >= 15 is 0 Å². The first-order valence-corrected chi connectivity index (χ1v) is 7.04. The highest BCUT2D eigenvalue weighted by Crippen LogP contribution is 2.40. The Balaban J connectivity index is 1.55. The molecule has 0 radical (unpaired) electrons. The summed E-state index contributed by atoms with van der Waals surface area (Å²) in [7, 11) is 2.06. The molecule has 20 heavy (non-hydrogen) atoms. The molecule has 0 spiro atoms. The summed E-state index contributed by atoms with van der Waals surface area (Å²) >= 11 is 0. The molecule has 4 rings (SSSR count). The Hall–Kier alpha value is -2.23. The number of oxazole rings is 1. The lowest BCUT2D eigenvalue weighted by molar-refractivity contribution is 0.533. The van der Waals surface area contributed by atoms with Crippen LogP contribution < -0.4 is 5.32 Å². The van der Waals surface area contributed by atoms with E-state index in [2.05, 4.69) is 46.3 Å². The van der Waals surface area contributed by atoms with Gasteiger partial charge in [-0.05, 0) is 43.2 Å². The van der Waals surface area contributed by atoms with Crippen molar-refractivity contribution in [3.05, 3.63) is 48.1 Å². The number of fused-ring (bicyclic) bond motifs is 1. The number of benzene rings is 1. The van der Waals surface area contributed by atoms with Gasteiger partial charge in [0, 0.05) is 30.5 Å². The Morgan fingerprint density at radius 3 is 3.00 bits per heavy atom. The fourth-order valence-corrected chi connectivity index (χ4v) is 2.43. The van der Waals surface area contributed by atoms with Crippen LogP contribution >= 0.6 is 0 Å². The molecule has 1 saturated carbocycles. The summed E-state index contributed by atoms with van der Waals surface area (Å²) in [6, 6.07) is 10.3. The lowest BCUT2D eigenvalue weighted by atomic mass is 10.3. The van der Waals surface area contributed by atoms with Gasteiger partial charge in [-0.3, -0.25) is 0 Å². The van der Waals surface area contributed by atoms with E-state index in [-0.39, 0.29) is 0 Å². The third-order valence-corrected chi connectivity index (χ3v) is 3.86. The molecule has 2 heterocycles. The molecule has 1 aliphatic rings. The highest BCUT2D eigenvalue weighted by molar-refractivity contribution is 5.77. The number of hydrogen-bond acceptors (Lipinski definition) is 3. The average Bonchev–Trinajstić information content (AvgIpc) is 3.09. The molecular weight excluding hydrogens is 250 g/mol. The SMILES string of the molecule is Cn1cccc1CNc1ccc2oc(C3CC3)nc2c1. The topological polar surface area (TPSA) is 43.0 Å². The molecule has 1 fully saturated rings. The lowest BCUT2D eigenvalue weighted by Gasteiger charge is -2.07. The summed E-state index contributed by atoms with van der Waals surface area (Å²) in [6.45, 7) is 0.808. The van der Waals surface area contributed by atoms with Gasteiger partial charge in [0.25, 0.3) is 0 Å². The van der Waals surface area contributed by atoms with Gasteiger partial charge in [0.15, 0.2) is 11.5 Å². The fraction of sp³-hybridized carbons (Fsp3) is 0.312. The third-order valence-electron chi connectivity index (χ3n) is 3.86. The van der Waals surface area contributed by atoms with Crippen LogP contribution in [-0.2, 0) is 13.6 Å². The van der Waals surface area contributed by atoms with Gasteiger partial charge in [0.05, 0.1) is 6.54 Å². The van der Waals surface area contributed by atoms with Gasteiger partial charge in [-0.2, -0.15) is 0 Å². The van der Waals surface area contributed by atoms with Gasteiger partial charge in [-0.15, -0.1) is 0 Å². The summed E-state index contributed by atoms with van der Waals surface area (Å²) in [5, 5.41) is 3.43. The monoisotopic (exact) mass is 267 g/mol. The maximum Gasteiger partial charge on any atom is 0.198 e. The van der Waals surface area contributed by atoms with Crippen molar-refractivity contribution < 1.29 is 4.42 Å². The van der Waals surface area contributed by atoms with Crippen LogP contribution in [0.5, 0.6) is 0 Å². The minimum absolute atomic E-state index is 0.558. The van der Waals surface area contributed by atoms with E-state index in [1.54, 1.807) is 0 Å². The van der Waals surface area contributed by atoms with Crippen molar-refractivity contribution in [2.45, 2.75) is 25.3 Å². The molecule has 0 aliphatic heterocycles. The standard InChI is InChI=1S/C16H17N3O/c1-19-8-2-3-13(19)10-17-12-6-7-15-14(9-12)18-16(20-15)11-4-5-11/h2-3,6-9,11,17H,4-5,10H2,1H3. The van der Waals surface area contributed by atoms with Crippen LogP contribution in [0.3, 0.4) is 0 Å². The Labute approximate surface area is 117 Å². The van der Waals surface area contributed by atoms with E-state index < -0.39 is 0 Å². The normalized spacial score (nSPS) is 14.8. The first-order valence-electron chi connectivity index (χ1n) is 7.04. The predicted octanol–water partition coefficient (Wildman–Crippen LogP) is 3.66. The van der Waals surface area contributed by atoms with Gasteiger partial charge in [0.2, 0.25) is 0 Å². The van der Waals surface area contributed by atoms with Crippen molar-refractivity contribution in [1.29, 1.82) is 0 Å². The van der Waals surface area contributed by atoms with Crippen LogP contribution in [0.25, 0.3) is 11.1 Å². The molecule has 4 heteroatoms. The number of aromatic nitrogens is 2. The molecule has 0 bridgehead atoms. The fourth-order valence-electron chi connectivity index (χ4n) is 2.43. The Kier molecular flexibility index (Phi) is 2.55. The van der Waals surface area contributed by atoms with Crippen LogP contribution in [0.1, 0.15) is 30.3 Å². The minimum Gasteiger partial charge on any atom is -0.440 e. The quantitative estimate of drug-likeness (QED) is 0.784. The Bertz CT molecular complexity index is 752. The summed E-state index contributed by atoms with van der Waals surface area (Å²) in [4.78, 5) is 4.59. The highest BCUT2D eigenvalue weighted by atomic mass is 16.3. The number of aryl methyl sites for hydroxylation is 1. The summed E-state index contributed by atoms with van der Waals surface area (Å²) in [5.74, 6) is 1.46. The smallest absolute Gasteiger partial charge is 0.198 e. The summed E-state index contributed by atoms with van der Waals surface area (Å²) < 4.78 is 7.89. The van der Waals surface area contributed by atoms with Gasteiger partial charge in [-0.25, -0.2) is 4.98 Å². The predicted molar refractivity (Wildman–Crippen MR) is 78.7 cm³/mol. The Morgan fingerprint density at radius 2 is 2.25 bits per heavy atom. The number of nitrogens with one attached hydrogen (secondary N) is 1. The highest BCUT2D eigenvalue weighted by Gasteiger charge is 2.28. The zero-order valence-corrected chi connectivity index (χ0v) is 11.5. The molecule has 1 N–H and O–H groups in total. The van der Waals surface area contributed by atoms with Crippen molar-refractivity contribution in [3.63, 3.8) is 0 Å². The first kappa shape index (κ1) is 11.6. The van der Waals surface area contributed by atoms with Gasteiger partial charge >= 0.3 is 0 Å². The Morgan fingerprint density at radius 1 is 1.35 bits per heavy atom. The zero-order chi connectivity index (χ0) is 13.5. The van der Waals surface area contributed by atoms with E-state index in [1.165, 1.54) is 18.5 Å². The van der Waals surface area contributed by atoms with Crippen LogP contribution in [0, 0.1) is 0 Å². The molecule has 2 aromatic heterocycles. The first-order chi connectivity index (χ1) is 9.79. The second kappa shape index (κ2) is 4.40. The molecule has 0 saturated heterocycles. The average molecular weight is 267 g/mol. The van der Waals surface area contributed by atoms with Crippen molar-refractivity contribution in [2.75, 3.05) is 5.32 Å². The van der Waals surface area contributed by atoms with Crippen LogP contribution in [0.4, 0.5) is 5.69 Å². The van der Waals surface area contributed by atoms with Crippen molar-refractivity contribution in [3.8, 4) is 0 Å². The maximum atomic E-state index is 5.77. The molecule has 1 aromatic carbocycles. The van der Waals surface area contributed by atoms with E-state index in [1.807, 2.05) is 12.1 Å². The van der Waals surface area contributed by atoms with E-state index in [0.717, 1.165) is 29.2 Å². The molecule has 3 aromatic rings. The van der Waals surface area contributed by atoms with Crippen molar-refractivity contribution in [1.82, 2.24) is 9.55 Å². The third kappa shape index (κ3) is 2.07. The van der Waals surface area contributed by atoms with E-state index in [4.69, 9.17) is 4.42 Å². The number of hydrogen-bond donors (Lipinski definition) is 1. The molecule has 0 atom stereocenters. The van der Waals surface area contributed by atoms with Crippen LogP contribution in [0.15, 0.2) is 40.9 Å². The maximum absolute atomic E-state index is 5.77. The van der Waals surface area contributed by atoms with Gasteiger partial charge in [-0.1, -0.05) is 0 Å². The summed E-state index contributed by atoms with van der Waals surface area (Å²) in [5.41, 5.74) is 4.17. The van der Waals surface area contributed by atoms with Gasteiger partial charge in [0.1, 0.15) is 5.52 Å². The van der Waals surface area contributed by atoms with Crippen molar-refractivity contribution in [2.24, 2.45) is 7.05 Å². The van der Waals surface area contributed by atoms with Crippen LogP contribution in [0.2, 0.25) is 0 Å². The molecule has 1 aliphatic carbocycles. The number of rotatable bonds is 4. The van der Waals surface area contributed by atoms with Crippen LogP contribution in [-0.4, -0.2) is 9.55 Å². The molecular formula is C16H17N3O. The largest absolute Gasteiger partial charge is 0.440 e. The number of nitrogens with zero attached hydrogens (tertiary/aromatic N) is 2. The van der Waals surface area contributed by atoms with E-state index in [9.17, 15) is 0 Å². The number of anilines is 1. The molecule has 0 amide bonds. The zero-order valence-electron chi connectivity index (χ0n) is 11.5. The summed E-state index contributed by atoms with van der Waals surface area (Å²) in [6.07, 6.45) is 4.48. The molecule has 4 nitrogen and oxygen atoms in total. The second-order valence-electron chi connectivity index (χ2n) is 5.47. The second-order valence-corrected chi connectivity index (χ2v) is 5.47. The molecule has 102 valence electrons. The molecule has 0 unspecified atom stereocenters. The minimum atomic E-state index is 0.558. The van der Waals surface area contributed by atoms with E-state index in [0.29, 0.717) is 5.92 Å². The van der Waals surface area contributed by atoms with Gasteiger partial charge < -0.3 is 14.3 Å². The lowest BCUT2D eigenvalue weighted by Crippen LogP contribution is -2.03. The van der Waals surface area contributed by atoms with Crippen molar-refractivity contribution >= 4 is 16.8 Å².